The lowest BCUT2D eigenvalue weighted by Crippen LogP contribution is -2.48. The van der Waals surface area contributed by atoms with Crippen LogP contribution in [0.15, 0.2) is 9.80 Å². The van der Waals surface area contributed by atoms with Gasteiger partial charge < -0.3 is 4.42 Å². The van der Waals surface area contributed by atoms with E-state index in [4.69, 9.17) is 14.5 Å². The molecule has 2 heterocycles. The van der Waals surface area contributed by atoms with Gasteiger partial charge in [-0.15, -0.1) is 11.3 Å². The molecule has 0 N–H and O–H groups in total. The van der Waals surface area contributed by atoms with Crippen molar-refractivity contribution in [3.8, 4) is 0 Å². The fraction of sp³-hybridized carbons (Fsp3) is 0.750. The maximum atomic E-state index is 6.12. The molecular formula is C20H34N3OS+. The van der Waals surface area contributed by atoms with E-state index in [1.807, 2.05) is 4.68 Å². The normalized spacial score (nSPS) is 13.7. The topological polar surface area (TPSA) is 42.8 Å². The Balaban J connectivity index is 2.37. The van der Waals surface area contributed by atoms with Crippen LogP contribution in [0.2, 0.25) is 0 Å². The highest BCUT2D eigenvalue weighted by Crippen LogP contribution is 2.32. The second-order valence-corrected chi connectivity index (χ2v) is 10.8. The Labute approximate surface area is 156 Å². The molecule has 0 bridgehead atoms. The van der Waals surface area contributed by atoms with Gasteiger partial charge in [-0.1, -0.05) is 41.5 Å². The highest BCUT2D eigenvalue weighted by molar-refractivity contribution is 7.09. The van der Waals surface area contributed by atoms with Crippen molar-refractivity contribution in [1.82, 2.24) is 10.1 Å². The molecule has 25 heavy (non-hydrogen) atoms. The third-order valence-corrected chi connectivity index (χ3v) is 5.41. The van der Waals surface area contributed by atoms with E-state index in [9.17, 15) is 0 Å². The Bertz CT molecular complexity index is 727. The van der Waals surface area contributed by atoms with Crippen LogP contribution in [-0.4, -0.2) is 10.1 Å². The Morgan fingerprint density at radius 1 is 1.04 bits per heavy atom. The molecule has 0 aliphatic rings. The van der Waals surface area contributed by atoms with Gasteiger partial charge in [-0.3, -0.25) is 0 Å². The number of hydrogen-bond acceptors (Lipinski definition) is 4. The van der Waals surface area contributed by atoms with Gasteiger partial charge in [-0.2, -0.15) is 0 Å². The molecule has 0 aromatic carbocycles. The van der Waals surface area contributed by atoms with Gasteiger partial charge in [0, 0.05) is 21.3 Å². The van der Waals surface area contributed by atoms with Crippen molar-refractivity contribution in [3.05, 3.63) is 27.9 Å². The van der Waals surface area contributed by atoms with Gasteiger partial charge in [-0.05, 0) is 32.4 Å². The molecule has 0 aliphatic carbocycles. The third-order valence-electron chi connectivity index (χ3n) is 4.20. The van der Waals surface area contributed by atoms with Crippen molar-refractivity contribution in [2.45, 2.75) is 97.9 Å². The zero-order valence-corrected chi connectivity index (χ0v) is 18.3. The first kappa shape index (κ1) is 20.1. The van der Waals surface area contributed by atoms with Crippen LogP contribution in [-0.2, 0) is 22.8 Å². The summed E-state index contributed by atoms with van der Waals surface area (Å²) >= 11 is 1.75. The Morgan fingerprint density at radius 3 is 2.08 bits per heavy atom. The van der Waals surface area contributed by atoms with E-state index in [0.717, 1.165) is 29.0 Å². The third kappa shape index (κ3) is 4.49. The minimum Gasteiger partial charge on any atom is -0.385 e. The number of nitrogens with zero attached hydrogens (tertiary/aromatic N) is 3. The predicted octanol–water partition coefficient (Wildman–Crippen LogP) is 5.11. The van der Waals surface area contributed by atoms with E-state index in [1.165, 1.54) is 0 Å². The van der Waals surface area contributed by atoms with Crippen molar-refractivity contribution >= 4 is 11.3 Å². The fourth-order valence-electron chi connectivity index (χ4n) is 2.53. The van der Waals surface area contributed by atoms with Gasteiger partial charge >= 0.3 is 5.89 Å². The first-order chi connectivity index (χ1) is 11.2. The van der Waals surface area contributed by atoms with Crippen LogP contribution < -0.4 is 4.68 Å². The SMILES string of the molecule is CC(C)c1oc(C(C)(C)C)n[n+]1CC(C)(C)c1nc(C(C)(C)C)cs1. The van der Waals surface area contributed by atoms with Gasteiger partial charge in [-0.25, -0.2) is 4.98 Å². The molecule has 0 radical (unpaired) electrons. The van der Waals surface area contributed by atoms with Crippen molar-refractivity contribution < 1.29 is 9.10 Å². The molecule has 0 saturated carbocycles. The maximum absolute atomic E-state index is 6.12. The van der Waals surface area contributed by atoms with Gasteiger partial charge in [0.25, 0.3) is 5.89 Å². The van der Waals surface area contributed by atoms with Crippen LogP contribution in [0.5, 0.6) is 0 Å². The molecule has 0 saturated heterocycles. The fourth-order valence-corrected chi connectivity index (χ4v) is 3.70. The molecule has 140 valence electrons. The summed E-state index contributed by atoms with van der Waals surface area (Å²) in [6, 6.07) is 0. The molecule has 0 amide bonds. The zero-order valence-electron chi connectivity index (χ0n) is 17.5. The lowest BCUT2D eigenvalue weighted by molar-refractivity contribution is -0.768. The molecule has 2 aromatic rings. The molecule has 0 spiro atoms. The first-order valence-corrected chi connectivity index (χ1v) is 9.97. The summed E-state index contributed by atoms with van der Waals surface area (Å²) in [7, 11) is 0. The lowest BCUT2D eigenvalue weighted by Gasteiger charge is -2.18. The van der Waals surface area contributed by atoms with Crippen LogP contribution in [0.4, 0.5) is 0 Å². The molecule has 5 heteroatoms. The monoisotopic (exact) mass is 364 g/mol. The average Bonchev–Trinajstić information content (AvgIpc) is 3.02. The van der Waals surface area contributed by atoms with Crippen LogP contribution in [0.1, 0.15) is 97.6 Å². The Hall–Kier alpha value is -1.23. The van der Waals surface area contributed by atoms with E-state index in [1.54, 1.807) is 11.3 Å². The lowest BCUT2D eigenvalue weighted by atomic mass is 9.92. The summed E-state index contributed by atoms with van der Waals surface area (Å²) in [4.78, 5) is 4.93. The van der Waals surface area contributed by atoms with Gasteiger partial charge in [0.05, 0.1) is 17.0 Å². The molecule has 2 aromatic heterocycles. The summed E-state index contributed by atoms with van der Waals surface area (Å²) in [6.07, 6.45) is 0. The summed E-state index contributed by atoms with van der Waals surface area (Å²) < 4.78 is 8.16. The minimum absolute atomic E-state index is 0.0777. The van der Waals surface area contributed by atoms with Crippen molar-refractivity contribution in [1.29, 1.82) is 0 Å². The van der Waals surface area contributed by atoms with Gasteiger partial charge in [0.15, 0.2) is 6.54 Å². The highest BCUT2D eigenvalue weighted by Gasteiger charge is 2.37. The quantitative estimate of drug-likeness (QED) is 0.708. The summed E-state index contributed by atoms with van der Waals surface area (Å²) in [6.45, 7) is 22.6. The van der Waals surface area contributed by atoms with E-state index in [2.05, 4.69) is 74.6 Å². The number of aromatic nitrogens is 3. The van der Waals surface area contributed by atoms with Crippen molar-refractivity contribution in [3.63, 3.8) is 0 Å². The van der Waals surface area contributed by atoms with Crippen LogP contribution in [0, 0.1) is 0 Å². The van der Waals surface area contributed by atoms with Crippen LogP contribution in [0.3, 0.4) is 0 Å². The van der Waals surface area contributed by atoms with Gasteiger partial charge in [0.2, 0.25) is 0 Å². The second kappa shape index (κ2) is 6.49. The average molecular weight is 365 g/mol. The Kier molecular flexibility index (Phi) is 5.22. The number of hydrogen-bond donors (Lipinski definition) is 0. The minimum atomic E-state index is -0.103. The van der Waals surface area contributed by atoms with Crippen molar-refractivity contribution in [2.24, 2.45) is 0 Å². The number of thiazole rings is 1. The zero-order chi connectivity index (χ0) is 19.2. The largest absolute Gasteiger partial charge is 0.385 e. The van der Waals surface area contributed by atoms with E-state index in [0.29, 0.717) is 5.92 Å². The molecule has 0 fully saturated rings. The molecule has 0 unspecified atom stereocenters. The smallest absolute Gasteiger partial charge is 0.376 e. The molecule has 4 nitrogen and oxygen atoms in total. The molecular weight excluding hydrogens is 330 g/mol. The first-order valence-electron chi connectivity index (χ1n) is 9.09. The molecule has 2 rings (SSSR count). The van der Waals surface area contributed by atoms with E-state index in [-0.39, 0.29) is 16.2 Å². The summed E-state index contributed by atoms with van der Waals surface area (Å²) in [5, 5.41) is 8.14. The highest BCUT2D eigenvalue weighted by atomic mass is 32.1. The van der Waals surface area contributed by atoms with Crippen LogP contribution >= 0.6 is 11.3 Å². The van der Waals surface area contributed by atoms with Gasteiger partial charge in [0.1, 0.15) is 5.01 Å². The summed E-state index contributed by atoms with van der Waals surface area (Å²) in [5.74, 6) is 2.02. The second-order valence-electron chi connectivity index (χ2n) is 9.98. The standard InChI is InChI=1S/C20H34N3OS/c1-13(2)15-23(22-16(24-15)19(6,7)8)12-20(9,10)17-21-14(11-25-17)18(3,4)5/h11,13H,12H2,1-10H3/q+1. The number of rotatable bonds is 4. The molecule has 0 atom stereocenters. The maximum Gasteiger partial charge on any atom is 0.376 e. The van der Waals surface area contributed by atoms with Crippen molar-refractivity contribution in [2.75, 3.05) is 0 Å². The van der Waals surface area contributed by atoms with E-state index < -0.39 is 0 Å². The van der Waals surface area contributed by atoms with E-state index >= 15 is 0 Å². The molecule has 0 aliphatic heterocycles. The Morgan fingerprint density at radius 2 is 1.64 bits per heavy atom. The summed E-state index contributed by atoms with van der Waals surface area (Å²) in [5.41, 5.74) is 1.04. The predicted molar refractivity (Wildman–Crippen MR) is 103 cm³/mol. The van der Waals surface area contributed by atoms with Crippen LogP contribution in [0.25, 0.3) is 0 Å².